The van der Waals surface area contributed by atoms with E-state index in [0.29, 0.717) is 25.7 Å². The number of aryl methyl sites for hydroxylation is 2. The minimum atomic E-state index is -4.35. The van der Waals surface area contributed by atoms with Crippen LogP contribution in [0.2, 0.25) is 0 Å². The predicted molar refractivity (Wildman–Crippen MR) is 151 cm³/mol. The Bertz CT molecular complexity index is 1390. The van der Waals surface area contributed by atoms with E-state index in [2.05, 4.69) is 0 Å². The van der Waals surface area contributed by atoms with Gasteiger partial charge in [-0.25, -0.2) is 8.42 Å². The van der Waals surface area contributed by atoms with E-state index in [0.717, 1.165) is 37.8 Å². The van der Waals surface area contributed by atoms with Crippen LogP contribution in [0.1, 0.15) is 47.9 Å². The molecule has 0 saturated carbocycles. The molecule has 0 unspecified atom stereocenters. The SMILES string of the molecule is O=S(=O)(c1ccc(O)c(CCCCc2ccccc2)c1O)c1ccc(O)c(CCCCc2ccccc2)c1O. The number of aromatic hydroxyl groups is 4. The van der Waals surface area contributed by atoms with Crippen LogP contribution in [0.4, 0.5) is 0 Å². The summed E-state index contributed by atoms with van der Waals surface area (Å²) >= 11 is 0. The van der Waals surface area contributed by atoms with Crippen LogP contribution >= 0.6 is 0 Å². The molecule has 0 radical (unpaired) electrons. The number of unbranched alkanes of at least 4 members (excludes halogenated alkanes) is 2. The van der Waals surface area contributed by atoms with Crippen LogP contribution in [-0.4, -0.2) is 28.8 Å². The smallest absolute Gasteiger partial charge is 0.213 e. The van der Waals surface area contributed by atoms with E-state index in [1.165, 1.54) is 23.3 Å². The summed E-state index contributed by atoms with van der Waals surface area (Å²) in [6, 6.07) is 24.7. The fourth-order valence-electron chi connectivity index (χ4n) is 4.80. The van der Waals surface area contributed by atoms with E-state index in [1.807, 2.05) is 60.7 Å². The van der Waals surface area contributed by atoms with Crippen molar-refractivity contribution in [2.45, 2.75) is 61.2 Å². The van der Waals surface area contributed by atoms with Gasteiger partial charge >= 0.3 is 0 Å². The summed E-state index contributed by atoms with van der Waals surface area (Å²) in [5.41, 5.74) is 2.67. The van der Waals surface area contributed by atoms with Gasteiger partial charge in [-0.2, -0.15) is 0 Å². The van der Waals surface area contributed by atoms with Crippen molar-refractivity contribution in [2.24, 2.45) is 0 Å². The summed E-state index contributed by atoms with van der Waals surface area (Å²) in [6.07, 6.45) is 5.11. The maximum Gasteiger partial charge on any atom is 0.213 e. The largest absolute Gasteiger partial charge is 0.508 e. The van der Waals surface area contributed by atoms with Crippen molar-refractivity contribution in [3.63, 3.8) is 0 Å². The first-order valence-electron chi connectivity index (χ1n) is 13.2. The molecule has 6 nitrogen and oxygen atoms in total. The molecule has 0 fully saturated rings. The second-order valence-electron chi connectivity index (χ2n) is 9.71. The molecule has 0 aromatic heterocycles. The number of rotatable bonds is 12. The molecule has 0 aliphatic rings. The van der Waals surface area contributed by atoms with Gasteiger partial charge in [0.1, 0.15) is 32.8 Å². The minimum Gasteiger partial charge on any atom is -0.508 e. The fraction of sp³-hybridized carbons (Fsp3) is 0.250. The van der Waals surface area contributed by atoms with Crippen LogP contribution in [0.25, 0.3) is 0 Å². The molecule has 0 heterocycles. The van der Waals surface area contributed by atoms with Crippen molar-refractivity contribution in [1.29, 1.82) is 0 Å². The van der Waals surface area contributed by atoms with Crippen LogP contribution in [0.3, 0.4) is 0 Å². The van der Waals surface area contributed by atoms with Crippen molar-refractivity contribution in [1.82, 2.24) is 0 Å². The summed E-state index contributed by atoms with van der Waals surface area (Å²) in [6.45, 7) is 0. The molecule has 0 bridgehead atoms. The van der Waals surface area contributed by atoms with Gasteiger partial charge in [-0.1, -0.05) is 60.7 Å². The standard InChI is InChI=1S/C32H34O6S/c33-27-19-21-29(31(35)25(27)17-9-7-15-23-11-3-1-4-12-23)39(37,38)30-22-20-28(34)26(32(30)36)18-10-8-16-24-13-5-2-6-14-24/h1-6,11-14,19-22,33-36H,7-10,15-18H2. The molecule has 4 rings (SSSR count). The van der Waals surface area contributed by atoms with Gasteiger partial charge in [0.25, 0.3) is 0 Å². The van der Waals surface area contributed by atoms with Crippen LogP contribution in [0, 0.1) is 0 Å². The summed E-state index contributed by atoms with van der Waals surface area (Å²) < 4.78 is 27.1. The quantitative estimate of drug-likeness (QED) is 0.151. The average Bonchev–Trinajstić information content (AvgIpc) is 2.93. The molecule has 39 heavy (non-hydrogen) atoms. The third kappa shape index (κ3) is 6.73. The van der Waals surface area contributed by atoms with Crippen molar-refractivity contribution < 1.29 is 28.8 Å². The molecule has 0 amide bonds. The fourth-order valence-corrected chi connectivity index (χ4v) is 6.29. The highest BCUT2D eigenvalue weighted by molar-refractivity contribution is 7.91. The Morgan fingerprint density at radius 2 is 0.821 bits per heavy atom. The maximum atomic E-state index is 13.5. The van der Waals surface area contributed by atoms with E-state index in [9.17, 15) is 28.8 Å². The molecule has 0 aliphatic heterocycles. The van der Waals surface area contributed by atoms with Crippen LogP contribution in [0.15, 0.2) is 94.7 Å². The van der Waals surface area contributed by atoms with Gasteiger partial charge < -0.3 is 20.4 Å². The predicted octanol–water partition coefficient (Wildman–Crippen LogP) is 6.47. The summed E-state index contributed by atoms with van der Waals surface area (Å²) in [5, 5.41) is 42.6. The first-order valence-corrected chi connectivity index (χ1v) is 14.7. The summed E-state index contributed by atoms with van der Waals surface area (Å²) in [5.74, 6) is -1.40. The second-order valence-corrected chi connectivity index (χ2v) is 11.6. The highest BCUT2D eigenvalue weighted by Crippen LogP contribution is 2.42. The van der Waals surface area contributed by atoms with Gasteiger partial charge in [0.2, 0.25) is 9.84 Å². The first-order chi connectivity index (χ1) is 18.8. The van der Waals surface area contributed by atoms with Crippen molar-refractivity contribution in [3.8, 4) is 23.0 Å². The number of sulfone groups is 1. The van der Waals surface area contributed by atoms with Crippen LogP contribution < -0.4 is 0 Å². The van der Waals surface area contributed by atoms with Crippen molar-refractivity contribution in [2.75, 3.05) is 0 Å². The highest BCUT2D eigenvalue weighted by atomic mass is 32.2. The summed E-state index contributed by atoms with van der Waals surface area (Å²) in [7, 11) is -4.35. The van der Waals surface area contributed by atoms with E-state index in [4.69, 9.17) is 0 Å². The van der Waals surface area contributed by atoms with Crippen LogP contribution in [-0.2, 0) is 35.5 Å². The van der Waals surface area contributed by atoms with E-state index in [-0.39, 0.29) is 22.6 Å². The van der Waals surface area contributed by atoms with E-state index in [1.54, 1.807) is 0 Å². The Kier molecular flexibility index (Phi) is 9.15. The number of benzene rings is 4. The van der Waals surface area contributed by atoms with Crippen molar-refractivity contribution in [3.05, 3.63) is 107 Å². The molecular formula is C32H34O6S. The zero-order chi connectivity index (χ0) is 27.8. The average molecular weight is 547 g/mol. The van der Waals surface area contributed by atoms with Gasteiger partial charge in [0, 0.05) is 11.1 Å². The van der Waals surface area contributed by atoms with Gasteiger partial charge in [-0.15, -0.1) is 0 Å². The van der Waals surface area contributed by atoms with Crippen LogP contribution in [0.5, 0.6) is 23.0 Å². The third-order valence-corrected chi connectivity index (χ3v) is 8.81. The Morgan fingerprint density at radius 3 is 1.21 bits per heavy atom. The number of phenols is 4. The molecule has 0 saturated heterocycles. The lowest BCUT2D eigenvalue weighted by Crippen LogP contribution is -2.06. The van der Waals surface area contributed by atoms with Gasteiger partial charge in [0.15, 0.2) is 0 Å². The van der Waals surface area contributed by atoms with Gasteiger partial charge in [-0.05, 0) is 86.8 Å². The molecule has 0 spiro atoms. The van der Waals surface area contributed by atoms with Gasteiger partial charge in [0.05, 0.1) is 0 Å². The lowest BCUT2D eigenvalue weighted by Gasteiger charge is -2.15. The number of phenolic OH excluding ortho intramolecular Hbond substituents is 4. The monoisotopic (exact) mass is 546 g/mol. The highest BCUT2D eigenvalue weighted by Gasteiger charge is 2.29. The van der Waals surface area contributed by atoms with Gasteiger partial charge in [-0.3, -0.25) is 0 Å². The number of hydrogen-bond donors (Lipinski definition) is 4. The Balaban J connectivity index is 1.50. The lowest BCUT2D eigenvalue weighted by atomic mass is 10.0. The molecule has 0 atom stereocenters. The Labute approximate surface area is 229 Å². The molecule has 204 valence electrons. The normalized spacial score (nSPS) is 11.5. The van der Waals surface area contributed by atoms with E-state index >= 15 is 0 Å². The number of hydrogen-bond acceptors (Lipinski definition) is 6. The molecule has 4 N–H and O–H groups in total. The maximum absolute atomic E-state index is 13.5. The minimum absolute atomic E-state index is 0.156. The zero-order valence-corrected chi connectivity index (χ0v) is 22.6. The third-order valence-electron chi connectivity index (χ3n) is 6.99. The Hall–Kier alpha value is -3.97. The zero-order valence-electron chi connectivity index (χ0n) is 21.8. The van der Waals surface area contributed by atoms with Crippen molar-refractivity contribution >= 4 is 9.84 Å². The molecule has 4 aromatic rings. The summed E-state index contributed by atoms with van der Waals surface area (Å²) in [4.78, 5) is -0.788. The lowest BCUT2D eigenvalue weighted by molar-refractivity contribution is 0.422. The first kappa shape index (κ1) is 28.0. The Morgan fingerprint density at radius 1 is 0.462 bits per heavy atom. The molecule has 7 heteroatoms. The van der Waals surface area contributed by atoms with E-state index < -0.39 is 31.1 Å². The molecular weight excluding hydrogens is 512 g/mol. The topological polar surface area (TPSA) is 115 Å². The second kappa shape index (κ2) is 12.7. The molecule has 4 aromatic carbocycles. The molecule has 0 aliphatic carbocycles.